The maximum Gasteiger partial charge on any atom is 0.179 e. The van der Waals surface area contributed by atoms with E-state index in [0.29, 0.717) is 0 Å². The van der Waals surface area contributed by atoms with Crippen LogP contribution in [0.5, 0.6) is 0 Å². The number of nitrogens with one attached hydrogen (secondary N) is 1. The Balaban J connectivity index is 2.41. The Kier molecular flexibility index (Phi) is 4.58. The molecule has 0 fully saturated rings. The molecule has 19 heavy (non-hydrogen) atoms. The number of aryl methyl sites for hydroxylation is 1. The summed E-state index contributed by atoms with van der Waals surface area (Å²) in [5.41, 5.74) is 2.05. The molecule has 0 radical (unpaired) electrons. The Labute approximate surface area is 113 Å². The third-order valence-electron chi connectivity index (χ3n) is 3.23. The predicted octanol–water partition coefficient (Wildman–Crippen LogP) is 3.01. The van der Waals surface area contributed by atoms with E-state index in [1.807, 2.05) is 38.1 Å². The molecule has 2 aromatic rings. The number of hydrogen-bond acceptors (Lipinski definition) is 4. The second-order valence-corrected chi connectivity index (χ2v) is 4.52. The average molecular weight is 263 g/mol. The standard InChI is InChI=1S/C15H21NO3/c1-5-16-13(15(17-3)18-4)12-9-11-8-6-7-10(2)14(11)19-12/h6-9,13,15-16H,5H2,1-4H3. The van der Waals surface area contributed by atoms with Crippen molar-refractivity contribution in [1.82, 2.24) is 5.32 Å². The van der Waals surface area contributed by atoms with Crippen molar-refractivity contribution in [3.05, 3.63) is 35.6 Å². The van der Waals surface area contributed by atoms with Gasteiger partial charge in [0.2, 0.25) is 0 Å². The molecule has 0 bridgehead atoms. The number of furan rings is 1. The summed E-state index contributed by atoms with van der Waals surface area (Å²) in [6.45, 7) is 4.90. The average Bonchev–Trinajstić information content (AvgIpc) is 2.84. The highest BCUT2D eigenvalue weighted by atomic mass is 16.7. The van der Waals surface area contributed by atoms with Crippen LogP contribution in [0.1, 0.15) is 24.3 Å². The summed E-state index contributed by atoms with van der Waals surface area (Å²) in [5, 5.41) is 4.44. The molecule has 0 aliphatic carbocycles. The Bertz CT molecular complexity index is 531. The molecule has 0 saturated carbocycles. The number of rotatable bonds is 6. The van der Waals surface area contributed by atoms with Gasteiger partial charge in [0.1, 0.15) is 17.4 Å². The molecule has 0 amide bonds. The van der Waals surface area contributed by atoms with Gasteiger partial charge < -0.3 is 19.2 Å². The maximum atomic E-state index is 5.98. The van der Waals surface area contributed by atoms with Crippen LogP contribution in [-0.2, 0) is 9.47 Å². The van der Waals surface area contributed by atoms with Crippen LogP contribution in [0.4, 0.5) is 0 Å². The predicted molar refractivity (Wildman–Crippen MR) is 75.2 cm³/mol. The van der Waals surface area contributed by atoms with Gasteiger partial charge in [-0.2, -0.15) is 0 Å². The molecule has 1 unspecified atom stereocenters. The highest BCUT2D eigenvalue weighted by molar-refractivity contribution is 5.81. The summed E-state index contributed by atoms with van der Waals surface area (Å²) in [7, 11) is 3.26. The molecule has 1 atom stereocenters. The minimum absolute atomic E-state index is 0.119. The van der Waals surface area contributed by atoms with Crippen LogP contribution < -0.4 is 5.32 Å². The van der Waals surface area contributed by atoms with Gasteiger partial charge in [0.15, 0.2) is 6.29 Å². The fraction of sp³-hybridized carbons (Fsp3) is 0.467. The van der Waals surface area contributed by atoms with Gasteiger partial charge in [0, 0.05) is 19.6 Å². The van der Waals surface area contributed by atoms with E-state index >= 15 is 0 Å². The second kappa shape index (κ2) is 6.19. The summed E-state index contributed by atoms with van der Waals surface area (Å²) in [6, 6.07) is 8.05. The lowest BCUT2D eigenvalue weighted by molar-refractivity contribution is -0.126. The molecular weight excluding hydrogens is 242 g/mol. The number of para-hydroxylation sites is 1. The fourth-order valence-electron chi connectivity index (χ4n) is 2.30. The van der Waals surface area contributed by atoms with Crippen LogP contribution >= 0.6 is 0 Å². The van der Waals surface area contributed by atoms with E-state index in [9.17, 15) is 0 Å². The van der Waals surface area contributed by atoms with Crippen molar-refractivity contribution in [2.24, 2.45) is 0 Å². The third-order valence-corrected chi connectivity index (χ3v) is 3.23. The first-order valence-electron chi connectivity index (χ1n) is 6.49. The van der Waals surface area contributed by atoms with E-state index in [4.69, 9.17) is 13.9 Å². The van der Waals surface area contributed by atoms with E-state index in [0.717, 1.165) is 28.8 Å². The summed E-state index contributed by atoms with van der Waals surface area (Å²) in [6.07, 6.45) is -0.374. The van der Waals surface area contributed by atoms with Crippen molar-refractivity contribution >= 4 is 11.0 Å². The Hall–Kier alpha value is -1.36. The molecule has 1 N–H and O–H groups in total. The molecule has 0 aliphatic rings. The van der Waals surface area contributed by atoms with Gasteiger partial charge in [-0.1, -0.05) is 25.1 Å². The molecule has 4 nitrogen and oxygen atoms in total. The Morgan fingerprint density at radius 3 is 2.58 bits per heavy atom. The van der Waals surface area contributed by atoms with Crippen molar-refractivity contribution < 1.29 is 13.9 Å². The van der Waals surface area contributed by atoms with E-state index in [-0.39, 0.29) is 12.3 Å². The zero-order valence-corrected chi connectivity index (χ0v) is 11.9. The lowest BCUT2D eigenvalue weighted by Crippen LogP contribution is -2.34. The second-order valence-electron chi connectivity index (χ2n) is 4.52. The minimum Gasteiger partial charge on any atom is -0.459 e. The quantitative estimate of drug-likeness (QED) is 0.814. The zero-order valence-electron chi connectivity index (χ0n) is 11.9. The summed E-state index contributed by atoms with van der Waals surface area (Å²) >= 11 is 0. The van der Waals surface area contributed by atoms with E-state index < -0.39 is 0 Å². The van der Waals surface area contributed by atoms with Crippen LogP contribution in [0.25, 0.3) is 11.0 Å². The zero-order chi connectivity index (χ0) is 13.8. The van der Waals surface area contributed by atoms with Crippen LogP contribution in [0.15, 0.2) is 28.7 Å². The smallest absolute Gasteiger partial charge is 0.179 e. The van der Waals surface area contributed by atoms with Crippen LogP contribution in [0.3, 0.4) is 0 Å². The van der Waals surface area contributed by atoms with Gasteiger partial charge in [-0.3, -0.25) is 0 Å². The largest absolute Gasteiger partial charge is 0.459 e. The van der Waals surface area contributed by atoms with E-state index in [2.05, 4.69) is 5.32 Å². The van der Waals surface area contributed by atoms with Gasteiger partial charge in [0.05, 0.1) is 0 Å². The van der Waals surface area contributed by atoms with Crippen molar-refractivity contribution in [3.63, 3.8) is 0 Å². The van der Waals surface area contributed by atoms with Gasteiger partial charge >= 0.3 is 0 Å². The van der Waals surface area contributed by atoms with Crippen LogP contribution in [-0.4, -0.2) is 27.1 Å². The van der Waals surface area contributed by atoms with Gasteiger partial charge in [-0.25, -0.2) is 0 Å². The monoisotopic (exact) mass is 263 g/mol. The van der Waals surface area contributed by atoms with Crippen molar-refractivity contribution in [1.29, 1.82) is 0 Å². The van der Waals surface area contributed by atoms with Crippen molar-refractivity contribution in [2.75, 3.05) is 20.8 Å². The molecule has 1 aromatic heterocycles. The molecule has 0 saturated heterocycles. The normalized spacial score (nSPS) is 13.3. The van der Waals surface area contributed by atoms with Gasteiger partial charge in [0.25, 0.3) is 0 Å². The lowest BCUT2D eigenvalue weighted by atomic mass is 10.1. The molecule has 4 heteroatoms. The van der Waals surface area contributed by atoms with Crippen LogP contribution in [0.2, 0.25) is 0 Å². The lowest BCUT2D eigenvalue weighted by Gasteiger charge is -2.23. The minimum atomic E-state index is -0.374. The highest BCUT2D eigenvalue weighted by Gasteiger charge is 2.25. The number of ether oxygens (including phenoxy) is 2. The van der Waals surface area contributed by atoms with E-state index in [1.165, 1.54) is 0 Å². The summed E-state index contributed by atoms with van der Waals surface area (Å²) < 4.78 is 16.7. The number of fused-ring (bicyclic) bond motifs is 1. The van der Waals surface area contributed by atoms with Crippen molar-refractivity contribution in [2.45, 2.75) is 26.2 Å². The number of likely N-dealkylation sites (N-methyl/N-ethyl adjacent to an activating group) is 1. The first kappa shape index (κ1) is 14.1. The molecule has 0 aliphatic heterocycles. The maximum absolute atomic E-state index is 5.98. The summed E-state index contributed by atoms with van der Waals surface area (Å²) in [4.78, 5) is 0. The molecule has 0 spiro atoms. The highest BCUT2D eigenvalue weighted by Crippen LogP contribution is 2.28. The number of benzene rings is 1. The fourth-order valence-corrected chi connectivity index (χ4v) is 2.30. The summed E-state index contributed by atoms with van der Waals surface area (Å²) in [5.74, 6) is 0.833. The Morgan fingerprint density at radius 2 is 2.00 bits per heavy atom. The molecule has 2 rings (SSSR count). The van der Waals surface area contributed by atoms with Crippen LogP contribution in [0, 0.1) is 6.92 Å². The first-order valence-corrected chi connectivity index (χ1v) is 6.49. The van der Waals surface area contributed by atoms with Crippen molar-refractivity contribution in [3.8, 4) is 0 Å². The van der Waals surface area contributed by atoms with Gasteiger partial charge in [-0.15, -0.1) is 0 Å². The SMILES string of the molecule is CCNC(c1cc2cccc(C)c2o1)C(OC)OC. The molecule has 104 valence electrons. The topological polar surface area (TPSA) is 43.6 Å². The third kappa shape index (κ3) is 2.81. The Morgan fingerprint density at radius 1 is 1.26 bits per heavy atom. The first-order chi connectivity index (χ1) is 9.21. The number of methoxy groups -OCH3 is 2. The van der Waals surface area contributed by atoms with E-state index in [1.54, 1.807) is 14.2 Å². The molecule has 1 aromatic carbocycles. The van der Waals surface area contributed by atoms with Gasteiger partial charge in [-0.05, 0) is 25.1 Å². The number of hydrogen-bond donors (Lipinski definition) is 1. The molecule has 1 heterocycles. The molecular formula is C15H21NO3.